The van der Waals surface area contributed by atoms with Crippen LogP contribution >= 0.6 is 0 Å². The Bertz CT molecular complexity index is 1100. The number of nitrogens with one attached hydrogen (secondary N) is 1. The van der Waals surface area contributed by atoms with Crippen LogP contribution in [0, 0.1) is 0 Å². The van der Waals surface area contributed by atoms with E-state index in [0.717, 1.165) is 6.26 Å². The van der Waals surface area contributed by atoms with Gasteiger partial charge in [0.2, 0.25) is 10.0 Å². The Morgan fingerprint density at radius 1 is 1.15 bits per heavy atom. The zero-order valence-corrected chi connectivity index (χ0v) is 15.2. The van der Waals surface area contributed by atoms with Crippen LogP contribution in [0.5, 0.6) is 0 Å². The summed E-state index contributed by atoms with van der Waals surface area (Å²) in [7, 11) is -3.36. The van der Waals surface area contributed by atoms with Gasteiger partial charge in [-0.25, -0.2) is 8.42 Å². The van der Waals surface area contributed by atoms with Crippen LogP contribution in [-0.2, 0) is 10.0 Å². The minimum Gasteiger partial charge on any atom is -0.463 e. The Labute approximate surface area is 151 Å². The van der Waals surface area contributed by atoms with Gasteiger partial charge in [0.15, 0.2) is 5.43 Å². The second kappa shape index (κ2) is 6.93. The molecule has 136 valence electrons. The molecule has 0 saturated carbocycles. The first-order valence-corrected chi connectivity index (χ1v) is 9.99. The fourth-order valence-electron chi connectivity index (χ4n) is 2.72. The number of anilines is 1. The van der Waals surface area contributed by atoms with E-state index in [0.29, 0.717) is 39.8 Å². The fourth-order valence-corrected chi connectivity index (χ4v) is 3.28. The number of aliphatic hydroxyl groups excluding tert-OH is 1. The van der Waals surface area contributed by atoms with Crippen molar-refractivity contribution in [2.75, 3.05) is 11.0 Å². The Hall–Kier alpha value is -2.64. The summed E-state index contributed by atoms with van der Waals surface area (Å²) in [5.41, 5.74) is 2.35. The van der Waals surface area contributed by atoms with Gasteiger partial charge in [-0.15, -0.1) is 0 Å². The smallest absolute Gasteiger partial charge is 0.229 e. The lowest BCUT2D eigenvalue weighted by atomic mass is 10.0. The molecule has 3 rings (SSSR count). The molecule has 0 fully saturated rings. The molecule has 1 unspecified atom stereocenters. The van der Waals surface area contributed by atoms with Crippen molar-refractivity contribution in [3.63, 3.8) is 0 Å². The molecule has 0 saturated heterocycles. The predicted molar refractivity (Wildman–Crippen MR) is 102 cm³/mol. The number of hydrogen-bond acceptors (Lipinski definition) is 5. The summed E-state index contributed by atoms with van der Waals surface area (Å²) in [6, 6.07) is 11.5. The van der Waals surface area contributed by atoms with E-state index in [4.69, 9.17) is 4.42 Å². The molecule has 1 heterocycles. The lowest BCUT2D eigenvalue weighted by Crippen LogP contribution is -2.09. The number of aliphatic hydroxyl groups is 1. The molecular weight excluding hydrogens is 354 g/mol. The van der Waals surface area contributed by atoms with Crippen molar-refractivity contribution >= 4 is 26.7 Å². The minimum absolute atomic E-state index is 0.187. The van der Waals surface area contributed by atoms with Crippen LogP contribution in [0.25, 0.3) is 22.1 Å². The molecule has 1 atom stereocenters. The van der Waals surface area contributed by atoms with Gasteiger partial charge in [0.1, 0.15) is 11.8 Å². The summed E-state index contributed by atoms with van der Waals surface area (Å²) in [5, 5.41) is 10.4. The molecule has 3 aromatic rings. The highest BCUT2D eigenvalue weighted by Gasteiger charge is 2.12. The van der Waals surface area contributed by atoms with Crippen LogP contribution < -0.4 is 10.2 Å². The van der Waals surface area contributed by atoms with Gasteiger partial charge >= 0.3 is 0 Å². The van der Waals surface area contributed by atoms with Crippen molar-refractivity contribution in [1.82, 2.24) is 0 Å². The van der Waals surface area contributed by atoms with Crippen LogP contribution in [0.4, 0.5) is 5.69 Å². The number of benzene rings is 2. The van der Waals surface area contributed by atoms with Gasteiger partial charge in [0.25, 0.3) is 0 Å². The molecule has 0 radical (unpaired) electrons. The third kappa shape index (κ3) is 3.79. The average Bonchev–Trinajstić information content (AvgIpc) is 2.60. The maximum atomic E-state index is 12.8. The highest BCUT2D eigenvalue weighted by molar-refractivity contribution is 7.92. The monoisotopic (exact) mass is 373 g/mol. The SMILES string of the molecule is CCC(O)c1ccc2c(=O)c(-c3ccc(NS(C)(=O)=O)cc3)coc2c1. The van der Waals surface area contributed by atoms with Gasteiger partial charge in [0.05, 0.1) is 23.3 Å². The second-order valence-electron chi connectivity index (χ2n) is 6.11. The van der Waals surface area contributed by atoms with Gasteiger partial charge < -0.3 is 9.52 Å². The van der Waals surface area contributed by atoms with Crippen molar-refractivity contribution < 1.29 is 17.9 Å². The van der Waals surface area contributed by atoms with Gasteiger partial charge in [-0.05, 0) is 41.8 Å². The molecule has 0 spiro atoms. The van der Waals surface area contributed by atoms with Crippen molar-refractivity contribution in [1.29, 1.82) is 0 Å². The standard InChI is InChI=1S/C19H19NO5S/c1-3-17(21)13-6-9-15-18(10-13)25-11-16(19(15)22)12-4-7-14(8-5-12)20-26(2,23)24/h4-11,17,20-21H,3H2,1-2H3. The van der Waals surface area contributed by atoms with Crippen molar-refractivity contribution in [3.05, 3.63) is 64.5 Å². The fraction of sp³-hybridized carbons (Fsp3) is 0.211. The summed E-state index contributed by atoms with van der Waals surface area (Å²) in [4.78, 5) is 12.8. The van der Waals surface area contributed by atoms with Crippen LogP contribution in [0.1, 0.15) is 25.0 Å². The van der Waals surface area contributed by atoms with Crippen LogP contribution in [-0.4, -0.2) is 19.8 Å². The Morgan fingerprint density at radius 2 is 1.85 bits per heavy atom. The minimum atomic E-state index is -3.36. The van der Waals surface area contributed by atoms with E-state index in [1.54, 1.807) is 42.5 Å². The summed E-state index contributed by atoms with van der Waals surface area (Å²) >= 11 is 0. The lowest BCUT2D eigenvalue weighted by molar-refractivity contribution is 0.173. The molecular formula is C19H19NO5S. The number of fused-ring (bicyclic) bond motifs is 1. The molecule has 1 aromatic heterocycles. The van der Waals surface area contributed by atoms with Gasteiger partial charge in [0, 0.05) is 5.69 Å². The Morgan fingerprint density at radius 3 is 2.46 bits per heavy atom. The second-order valence-corrected chi connectivity index (χ2v) is 7.86. The van der Waals surface area contributed by atoms with E-state index in [-0.39, 0.29) is 5.43 Å². The first kappa shape index (κ1) is 18.2. The van der Waals surface area contributed by atoms with Crippen molar-refractivity contribution in [2.45, 2.75) is 19.4 Å². The third-order valence-electron chi connectivity index (χ3n) is 4.07. The largest absolute Gasteiger partial charge is 0.463 e. The zero-order chi connectivity index (χ0) is 18.9. The highest BCUT2D eigenvalue weighted by Crippen LogP contribution is 2.24. The van der Waals surface area contributed by atoms with E-state index < -0.39 is 16.1 Å². The molecule has 6 nitrogen and oxygen atoms in total. The highest BCUT2D eigenvalue weighted by atomic mass is 32.2. The maximum absolute atomic E-state index is 12.8. The Balaban J connectivity index is 2.01. The molecule has 0 aliphatic carbocycles. The van der Waals surface area contributed by atoms with E-state index in [2.05, 4.69) is 4.72 Å². The Kier molecular flexibility index (Phi) is 4.84. The van der Waals surface area contributed by atoms with Crippen LogP contribution in [0.3, 0.4) is 0 Å². The van der Waals surface area contributed by atoms with E-state index in [1.165, 1.54) is 6.26 Å². The molecule has 7 heteroatoms. The number of hydrogen-bond donors (Lipinski definition) is 2. The van der Waals surface area contributed by atoms with Gasteiger partial charge in [-0.1, -0.05) is 25.1 Å². The van der Waals surface area contributed by atoms with Gasteiger partial charge in [-0.3, -0.25) is 9.52 Å². The quantitative estimate of drug-likeness (QED) is 0.715. The number of sulfonamides is 1. The molecule has 0 aliphatic rings. The van der Waals surface area contributed by atoms with E-state index in [9.17, 15) is 18.3 Å². The summed E-state index contributed by atoms with van der Waals surface area (Å²) in [5.74, 6) is 0. The summed E-state index contributed by atoms with van der Waals surface area (Å²) < 4.78 is 30.5. The summed E-state index contributed by atoms with van der Waals surface area (Å²) in [6.07, 6.45) is 2.43. The summed E-state index contributed by atoms with van der Waals surface area (Å²) in [6.45, 7) is 1.87. The molecule has 0 aliphatic heterocycles. The topological polar surface area (TPSA) is 96.6 Å². The molecule has 26 heavy (non-hydrogen) atoms. The third-order valence-corrected chi connectivity index (χ3v) is 4.68. The predicted octanol–water partition coefficient (Wildman–Crippen LogP) is 3.27. The molecule has 0 bridgehead atoms. The maximum Gasteiger partial charge on any atom is 0.229 e. The van der Waals surface area contributed by atoms with E-state index >= 15 is 0 Å². The van der Waals surface area contributed by atoms with Crippen molar-refractivity contribution in [3.8, 4) is 11.1 Å². The van der Waals surface area contributed by atoms with Crippen molar-refractivity contribution in [2.24, 2.45) is 0 Å². The van der Waals surface area contributed by atoms with Gasteiger partial charge in [-0.2, -0.15) is 0 Å². The average molecular weight is 373 g/mol. The normalized spacial score (nSPS) is 12.9. The first-order valence-electron chi connectivity index (χ1n) is 8.10. The molecule has 2 N–H and O–H groups in total. The zero-order valence-electron chi connectivity index (χ0n) is 14.4. The molecule has 0 amide bonds. The van der Waals surface area contributed by atoms with E-state index in [1.807, 2.05) is 6.92 Å². The van der Waals surface area contributed by atoms with Crippen LogP contribution in [0.15, 0.2) is 57.9 Å². The van der Waals surface area contributed by atoms with Crippen LogP contribution in [0.2, 0.25) is 0 Å². The first-order chi connectivity index (χ1) is 12.3. The molecule has 2 aromatic carbocycles. The lowest BCUT2D eigenvalue weighted by Gasteiger charge is -2.09. The number of rotatable bonds is 5.